The Morgan fingerprint density at radius 1 is 1.42 bits per heavy atom. The van der Waals surface area contributed by atoms with Crippen LogP contribution in [-0.2, 0) is 4.79 Å². The Balaban J connectivity index is 2.97. The van der Waals surface area contributed by atoms with Crippen LogP contribution >= 0.6 is 0 Å². The highest BCUT2D eigenvalue weighted by molar-refractivity contribution is 5.79. The van der Waals surface area contributed by atoms with Gasteiger partial charge in [-0.25, -0.2) is 0 Å². The predicted molar refractivity (Wildman–Crippen MR) is 49.3 cm³/mol. The van der Waals surface area contributed by atoms with E-state index in [1.165, 1.54) is 0 Å². The van der Waals surface area contributed by atoms with Crippen LogP contribution < -0.4 is 5.32 Å². The molecule has 2 nitrogen and oxygen atoms in total. The Morgan fingerprint density at radius 2 is 2.17 bits per heavy atom. The molecule has 12 heavy (non-hydrogen) atoms. The minimum absolute atomic E-state index is 0.656. The molecule has 0 spiro atoms. The Labute approximate surface area is 72.0 Å². The SMILES string of the molecule is C=CNC1=C(C=O)C=CCC=C1. The van der Waals surface area contributed by atoms with Crippen molar-refractivity contribution < 1.29 is 4.79 Å². The Bertz CT molecular complexity index is 272. The zero-order valence-electron chi connectivity index (χ0n) is 6.79. The van der Waals surface area contributed by atoms with E-state index >= 15 is 0 Å². The molecule has 0 radical (unpaired) electrons. The Morgan fingerprint density at radius 3 is 2.83 bits per heavy atom. The molecule has 1 aliphatic rings. The average Bonchev–Trinajstić information content (AvgIpc) is 2.30. The maximum absolute atomic E-state index is 10.6. The molecule has 0 amide bonds. The van der Waals surface area contributed by atoms with Crippen LogP contribution in [0.5, 0.6) is 0 Å². The molecule has 0 aliphatic heterocycles. The third-order valence-corrected chi connectivity index (χ3v) is 1.55. The van der Waals surface area contributed by atoms with Crippen LogP contribution in [0, 0.1) is 0 Å². The third kappa shape index (κ3) is 1.95. The van der Waals surface area contributed by atoms with Gasteiger partial charge in [-0.1, -0.05) is 24.8 Å². The van der Waals surface area contributed by atoms with Gasteiger partial charge in [-0.2, -0.15) is 0 Å². The average molecular weight is 161 g/mol. The van der Waals surface area contributed by atoms with E-state index in [1.54, 1.807) is 12.3 Å². The first-order valence-corrected chi connectivity index (χ1v) is 3.78. The first kappa shape index (κ1) is 8.53. The molecule has 0 aromatic heterocycles. The first-order valence-electron chi connectivity index (χ1n) is 3.78. The van der Waals surface area contributed by atoms with E-state index in [9.17, 15) is 4.79 Å². The van der Waals surface area contributed by atoms with E-state index in [4.69, 9.17) is 0 Å². The number of carbonyl (C=O) groups is 1. The number of carbonyl (C=O) groups excluding carboxylic acids is 1. The van der Waals surface area contributed by atoms with Crippen LogP contribution in [0.2, 0.25) is 0 Å². The maximum atomic E-state index is 10.6. The smallest absolute Gasteiger partial charge is 0.152 e. The highest BCUT2D eigenvalue weighted by Crippen LogP contribution is 2.08. The lowest BCUT2D eigenvalue weighted by molar-refractivity contribution is -0.104. The van der Waals surface area contributed by atoms with E-state index in [0.29, 0.717) is 5.57 Å². The topological polar surface area (TPSA) is 29.1 Å². The van der Waals surface area contributed by atoms with Gasteiger partial charge >= 0.3 is 0 Å². The highest BCUT2D eigenvalue weighted by atomic mass is 16.1. The van der Waals surface area contributed by atoms with Crippen LogP contribution in [0.15, 0.2) is 48.4 Å². The van der Waals surface area contributed by atoms with Crippen LogP contribution in [0.4, 0.5) is 0 Å². The van der Waals surface area contributed by atoms with Crippen LogP contribution in [0.3, 0.4) is 0 Å². The summed E-state index contributed by atoms with van der Waals surface area (Å²) in [5.74, 6) is 0. The molecule has 1 rings (SSSR count). The summed E-state index contributed by atoms with van der Waals surface area (Å²) >= 11 is 0. The zero-order valence-corrected chi connectivity index (χ0v) is 6.79. The lowest BCUT2D eigenvalue weighted by Gasteiger charge is -2.01. The lowest BCUT2D eigenvalue weighted by atomic mass is 10.2. The van der Waals surface area contributed by atoms with E-state index in [2.05, 4.69) is 11.9 Å². The third-order valence-electron chi connectivity index (χ3n) is 1.55. The molecule has 0 saturated carbocycles. The minimum atomic E-state index is 0.656. The van der Waals surface area contributed by atoms with Crippen molar-refractivity contribution in [2.24, 2.45) is 0 Å². The molecule has 1 aliphatic carbocycles. The van der Waals surface area contributed by atoms with E-state index < -0.39 is 0 Å². The van der Waals surface area contributed by atoms with E-state index in [1.807, 2.05) is 18.2 Å². The van der Waals surface area contributed by atoms with Gasteiger partial charge in [-0.05, 0) is 18.7 Å². The molecule has 1 N–H and O–H groups in total. The number of hydrogen-bond donors (Lipinski definition) is 1. The van der Waals surface area contributed by atoms with Crippen molar-refractivity contribution in [3.63, 3.8) is 0 Å². The summed E-state index contributed by atoms with van der Waals surface area (Å²) < 4.78 is 0. The number of allylic oxidation sites excluding steroid dienone is 5. The predicted octanol–water partition coefficient (Wildman–Crippen LogP) is 1.69. The lowest BCUT2D eigenvalue weighted by Crippen LogP contribution is -2.04. The number of nitrogens with one attached hydrogen (secondary N) is 1. The van der Waals surface area contributed by atoms with Crippen LogP contribution in [0.1, 0.15) is 6.42 Å². The molecule has 62 valence electrons. The van der Waals surface area contributed by atoms with Crippen LogP contribution in [0.25, 0.3) is 0 Å². The van der Waals surface area contributed by atoms with Crippen molar-refractivity contribution in [3.8, 4) is 0 Å². The standard InChI is InChI=1S/C10H11NO/c1-2-11-10-7-5-3-4-6-9(10)8-12/h2,4-8,11H,1,3H2. The largest absolute Gasteiger partial charge is 0.362 e. The Kier molecular flexibility index (Phi) is 3.08. The monoisotopic (exact) mass is 161 g/mol. The minimum Gasteiger partial charge on any atom is -0.362 e. The summed E-state index contributed by atoms with van der Waals surface area (Å²) in [6.45, 7) is 3.53. The molecule has 2 heteroatoms. The molecule has 0 atom stereocenters. The summed E-state index contributed by atoms with van der Waals surface area (Å²) in [7, 11) is 0. The van der Waals surface area contributed by atoms with Crippen molar-refractivity contribution in [2.75, 3.05) is 0 Å². The van der Waals surface area contributed by atoms with Gasteiger partial charge in [0.05, 0.1) is 0 Å². The second-order valence-corrected chi connectivity index (χ2v) is 2.38. The van der Waals surface area contributed by atoms with E-state index in [0.717, 1.165) is 18.4 Å². The molecule has 0 fully saturated rings. The molecule has 0 aromatic rings. The molecule has 0 heterocycles. The number of hydrogen-bond acceptors (Lipinski definition) is 2. The number of aldehydes is 1. The van der Waals surface area contributed by atoms with Gasteiger partial charge in [0.1, 0.15) is 0 Å². The zero-order chi connectivity index (χ0) is 8.81. The van der Waals surface area contributed by atoms with Crippen LogP contribution in [-0.4, -0.2) is 6.29 Å². The van der Waals surface area contributed by atoms with Gasteiger partial charge in [0.25, 0.3) is 0 Å². The fourth-order valence-electron chi connectivity index (χ4n) is 0.990. The molecular weight excluding hydrogens is 150 g/mol. The van der Waals surface area contributed by atoms with Gasteiger partial charge < -0.3 is 5.32 Å². The number of rotatable bonds is 3. The fraction of sp³-hybridized carbons (Fsp3) is 0.100. The first-order chi connectivity index (χ1) is 5.88. The van der Waals surface area contributed by atoms with Gasteiger partial charge in [0, 0.05) is 11.3 Å². The van der Waals surface area contributed by atoms with Crippen molar-refractivity contribution in [1.82, 2.24) is 5.32 Å². The summed E-state index contributed by atoms with van der Waals surface area (Å²) in [5.41, 5.74) is 1.46. The van der Waals surface area contributed by atoms with Gasteiger partial charge in [-0.15, -0.1) is 0 Å². The summed E-state index contributed by atoms with van der Waals surface area (Å²) in [5, 5.41) is 2.90. The molecule has 0 unspecified atom stereocenters. The normalized spacial score (nSPS) is 15.7. The summed E-state index contributed by atoms with van der Waals surface area (Å²) in [4.78, 5) is 10.6. The van der Waals surface area contributed by atoms with Crippen molar-refractivity contribution in [3.05, 3.63) is 48.4 Å². The summed E-state index contributed by atoms with van der Waals surface area (Å²) in [6.07, 6.45) is 10.9. The van der Waals surface area contributed by atoms with Crippen molar-refractivity contribution in [1.29, 1.82) is 0 Å². The van der Waals surface area contributed by atoms with Gasteiger partial charge in [0.15, 0.2) is 6.29 Å². The molecule has 0 aromatic carbocycles. The summed E-state index contributed by atoms with van der Waals surface area (Å²) in [6, 6.07) is 0. The van der Waals surface area contributed by atoms with Gasteiger partial charge in [0.2, 0.25) is 0 Å². The Hall–Kier alpha value is -1.57. The van der Waals surface area contributed by atoms with Crippen molar-refractivity contribution in [2.45, 2.75) is 6.42 Å². The fourth-order valence-corrected chi connectivity index (χ4v) is 0.990. The van der Waals surface area contributed by atoms with Gasteiger partial charge in [-0.3, -0.25) is 4.79 Å². The quantitative estimate of drug-likeness (QED) is 0.638. The second-order valence-electron chi connectivity index (χ2n) is 2.38. The highest BCUT2D eigenvalue weighted by Gasteiger charge is 1.99. The second kappa shape index (κ2) is 4.34. The molecule has 0 bridgehead atoms. The maximum Gasteiger partial charge on any atom is 0.152 e. The molecular formula is C10H11NO. The van der Waals surface area contributed by atoms with E-state index in [-0.39, 0.29) is 0 Å². The van der Waals surface area contributed by atoms with Crippen molar-refractivity contribution >= 4 is 6.29 Å². The molecule has 0 saturated heterocycles.